The molecule has 0 bridgehead atoms. The summed E-state index contributed by atoms with van der Waals surface area (Å²) in [6.07, 6.45) is -3.56. The van der Waals surface area contributed by atoms with Gasteiger partial charge in [0.15, 0.2) is 0 Å². The molecule has 160 valence electrons. The lowest BCUT2D eigenvalue weighted by atomic mass is 9.63. The first-order chi connectivity index (χ1) is 14.2. The van der Waals surface area contributed by atoms with Crippen LogP contribution in [0.2, 0.25) is 0 Å². The van der Waals surface area contributed by atoms with Gasteiger partial charge in [-0.15, -0.1) is 0 Å². The Bertz CT molecular complexity index is 832. The Labute approximate surface area is 173 Å². The summed E-state index contributed by atoms with van der Waals surface area (Å²) in [5.74, 6) is -2.27. The Balaban J connectivity index is 2.00. The molecular formula is C23H23F3O4. The van der Waals surface area contributed by atoms with Gasteiger partial charge in [-0.3, -0.25) is 0 Å². The van der Waals surface area contributed by atoms with Gasteiger partial charge in [0.25, 0.3) is 0 Å². The number of hydrogen-bond donors (Lipinski definition) is 0. The molecule has 2 aromatic carbocycles. The number of alkyl halides is 3. The van der Waals surface area contributed by atoms with Gasteiger partial charge in [0.05, 0.1) is 31.3 Å². The molecular weight excluding hydrogens is 397 g/mol. The maximum absolute atomic E-state index is 13.3. The lowest BCUT2D eigenvalue weighted by molar-refractivity contribution is -0.184. The number of carbonyl (C=O) groups excluding carboxylic acids is 2. The smallest absolute Gasteiger partial charge is 0.391 e. The van der Waals surface area contributed by atoms with Crippen LogP contribution in [0.3, 0.4) is 0 Å². The molecule has 0 spiro atoms. The number of benzene rings is 2. The largest absolute Gasteiger partial charge is 0.465 e. The summed E-state index contributed by atoms with van der Waals surface area (Å²) in [6, 6.07) is 13.6. The molecule has 1 fully saturated rings. The van der Waals surface area contributed by atoms with E-state index in [9.17, 15) is 22.8 Å². The first-order valence-electron chi connectivity index (χ1n) is 9.65. The summed E-state index contributed by atoms with van der Waals surface area (Å²) in [5, 5.41) is 0. The molecule has 7 heteroatoms. The Kier molecular flexibility index (Phi) is 6.19. The number of esters is 2. The van der Waals surface area contributed by atoms with Gasteiger partial charge in [-0.05, 0) is 61.1 Å². The van der Waals surface area contributed by atoms with Gasteiger partial charge in [-0.25, -0.2) is 9.59 Å². The second-order valence-electron chi connectivity index (χ2n) is 7.54. The molecule has 1 saturated carbocycles. The molecule has 0 radical (unpaired) electrons. The van der Waals surface area contributed by atoms with Crippen molar-refractivity contribution in [1.82, 2.24) is 0 Å². The van der Waals surface area contributed by atoms with E-state index in [1.165, 1.54) is 14.2 Å². The molecule has 0 aliphatic heterocycles. The Hall–Kier alpha value is -2.83. The third kappa shape index (κ3) is 4.20. The first-order valence-corrected chi connectivity index (χ1v) is 9.65. The lowest BCUT2D eigenvalue weighted by Crippen LogP contribution is -2.37. The van der Waals surface area contributed by atoms with Gasteiger partial charge in [-0.1, -0.05) is 24.3 Å². The molecule has 0 atom stereocenters. The zero-order chi connectivity index (χ0) is 21.9. The van der Waals surface area contributed by atoms with Crippen molar-refractivity contribution < 1.29 is 32.2 Å². The van der Waals surface area contributed by atoms with Crippen molar-refractivity contribution in [1.29, 1.82) is 0 Å². The fourth-order valence-electron chi connectivity index (χ4n) is 4.27. The van der Waals surface area contributed by atoms with E-state index in [4.69, 9.17) is 9.47 Å². The maximum Gasteiger partial charge on any atom is 0.391 e. The van der Waals surface area contributed by atoms with Gasteiger partial charge in [0, 0.05) is 5.41 Å². The van der Waals surface area contributed by atoms with Crippen molar-refractivity contribution in [3.05, 3.63) is 70.8 Å². The molecule has 1 aliphatic carbocycles. The van der Waals surface area contributed by atoms with E-state index in [1.54, 1.807) is 48.5 Å². The minimum absolute atomic E-state index is 0.0149. The third-order valence-corrected chi connectivity index (χ3v) is 6.02. The van der Waals surface area contributed by atoms with Crippen molar-refractivity contribution in [2.75, 3.05) is 14.2 Å². The SMILES string of the molecule is COC(=O)c1ccc(C2(c3ccc(C(=O)OC)cc3)CCC(C(F)(F)F)CC2)cc1. The zero-order valence-electron chi connectivity index (χ0n) is 16.8. The van der Waals surface area contributed by atoms with E-state index < -0.39 is 29.4 Å². The van der Waals surface area contributed by atoms with Gasteiger partial charge in [-0.2, -0.15) is 13.2 Å². The number of ether oxygens (including phenoxy) is 2. The zero-order valence-corrected chi connectivity index (χ0v) is 16.8. The van der Waals surface area contributed by atoms with E-state index in [1.807, 2.05) is 0 Å². The number of carbonyl (C=O) groups is 2. The highest BCUT2D eigenvalue weighted by Gasteiger charge is 2.47. The van der Waals surface area contributed by atoms with Gasteiger partial charge < -0.3 is 9.47 Å². The number of methoxy groups -OCH3 is 2. The first kappa shape index (κ1) is 21.9. The van der Waals surface area contributed by atoms with E-state index in [0.717, 1.165) is 11.1 Å². The van der Waals surface area contributed by atoms with E-state index >= 15 is 0 Å². The van der Waals surface area contributed by atoms with E-state index in [-0.39, 0.29) is 12.8 Å². The minimum Gasteiger partial charge on any atom is -0.465 e. The minimum atomic E-state index is -4.21. The molecule has 0 heterocycles. The highest BCUT2D eigenvalue weighted by atomic mass is 19.4. The fourth-order valence-corrected chi connectivity index (χ4v) is 4.27. The highest BCUT2D eigenvalue weighted by molar-refractivity contribution is 5.90. The van der Waals surface area contributed by atoms with Crippen LogP contribution in [0.25, 0.3) is 0 Å². The standard InChI is InChI=1S/C23H23F3O4/c1-29-20(27)15-3-7-17(8-4-15)22(13-11-19(12-14-22)23(24,25)26)18-9-5-16(6-10-18)21(28)30-2/h3-10,19H,11-14H2,1-2H3. The summed E-state index contributed by atoms with van der Waals surface area (Å²) >= 11 is 0. The van der Waals surface area contributed by atoms with Crippen molar-refractivity contribution in [2.45, 2.75) is 37.3 Å². The van der Waals surface area contributed by atoms with Crippen LogP contribution < -0.4 is 0 Å². The van der Waals surface area contributed by atoms with Gasteiger partial charge in [0.2, 0.25) is 0 Å². The second-order valence-corrected chi connectivity index (χ2v) is 7.54. The molecule has 2 aromatic rings. The van der Waals surface area contributed by atoms with Crippen LogP contribution in [0, 0.1) is 5.92 Å². The number of hydrogen-bond acceptors (Lipinski definition) is 4. The predicted molar refractivity (Wildman–Crippen MR) is 104 cm³/mol. The normalized spacial score (nSPS) is 16.7. The topological polar surface area (TPSA) is 52.6 Å². The van der Waals surface area contributed by atoms with Crippen molar-refractivity contribution in [3.63, 3.8) is 0 Å². The molecule has 0 saturated heterocycles. The molecule has 4 nitrogen and oxygen atoms in total. The molecule has 3 rings (SSSR count). The summed E-state index contributed by atoms with van der Waals surface area (Å²) in [4.78, 5) is 23.5. The van der Waals surface area contributed by atoms with Crippen LogP contribution >= 0.6 is 0 Å². The summed E-state index contributed by atoms with van der Waals surface area (Å²) < 4.78 is 49.2. The van der Waals surface area contributed by atoms with Gasteiger partial charge >= 0.3 is 18.1 Å². The van der Waals surface area contributed by atoms with E-state index in [0.29, 0.717) is 24.0 Å². The summed E-state index contributed by atoms with van der Waals surface area (Å²) in [7, 11) is 2.58. The van der Waals surface area contributed by atoms with Crippen molar-refractivity contribution >= 4 is 11.9 Å². The Morgan fingerprint density at radius 3 is 1.47 bits per heavy atom. The van der Waals surface area contributed by atoms with Crippen LogP contribution in [0.5, 0.6) is 0 Å². The maximum atomic E-state index is 13.3. The monoisotopic (exact) mass is 420 g/mol. The Morgan fingerprint density at radius 1 is 0.800 bits per heavy atom. The number of halogens is 3. The second kappa shape index (κ2) is 8.50. The molecule has 0 amide bonds. The average molecular weight is 420 g/mol. The molecule has 0 N–H and O–H groups in total. The molecule has 0 unspecified atom stereocenters. The fraction of sp³-hybridized carbons (Fsp3) is 0.391. The van der Waals surface area contributed by atoms with Crippen molar-refractivity contribution in [3.8, 4) is 0 Å². The highest BCUT2D eigenvalue weighted by Crippen LogP contribution is 2.50. The quantitative estimate of drug-likeness (QED) is 0.630. The molecule has 1 aliphatic rings. The summed E-state index contributed by atoms with van der Waals surface area (Å²) in [6.45, 7) is 0. The van der Waals surface area contributed by atoms with E-state index in [2.05, 4.69) is 0 Å². The average Bonchev–Trinajstić information content (AvgIpc) is 2.77. The Morgan fingerprint density at radius 2 is 1.17 bits per heavy atom. The van der Waals surface area contributed by atoms with Crippen molar-refractivity contribution in [2.24, 2.45) is 5.92 Å². The van der Waals surface area contributed by atoms with Gasteiger partial charge in [0.1, 0.15) is 0 Å². The van der Waals surface area contributed by atoms with Crippen LogP contribution in [0.4, 0.5) is 13.2 Å². The summed E-state index contributed by atoms with van der Waals surface area (Å²) in [5.41, 5.74) is 1.79. The molecule has 30 heavy (non-hydrogen) atoms. The van der Waals surface area contributed by atoms with Crippen LogP contribution in [0.1, 0.15) is 57.5 Å². The lowest BCUT2D eigenvalue weighted by Gasteiger charge is -2.42. The van der Waals surface area contributed by atoms with Crippen LogP contribution in [0.15, 0.2) is 48.5 Å². The number of rotatable bonds is 4. The van der Waals surface area contributed by atoms with Crippen LogP contribution in [-0.2, 0) is 14.9 Å². The predicted octanol–water partition coefficient (Wildman–Crippen LogP) is 5.30. The third-order valence-electron chi connectivity index (χ3n) is 6.02. The van der Waals surface area contributed by atoms with Crippen LogP contribution in [-0.4, -0.2) is 32.3 Å². The molecule has 0 aromatic heterocycles.